The molecule has 3 heterocycles. The molecule has 24 heavy (non-hydrogen) atoms. The normalized spacial score (nSPS) is 22.3. The zero-order chi connectivity index (χ0) is 16.9. The molecule has 0 radical (unpaired) electrons. The lowest BCUT2D eigenvalue weighted by Crippen LogP contribution is -2.46. The molecule has 2 saturated heterocycles. The minimum Gasteiger partial charge on any atom is -0.378 e. The van der Waals surface area contributed by atoms with Gasteiger partial charge < -0.3 is 19.5 Å². The van der Waals surface area contributed by atoms with Crippen molar-refractivity contribution in [2.45, 2.75) is 58.0 Å². The lowest BCUT2D eigenvalue weighted by molar-refractivity contribution is 0.0372. The first-order chi connectivity index (χ1) is 11.6. The average Bonchev–Trinajstić information content (AvgIpc) is 3.27. The molecule has 0 spiro atoms. The standard InChI is InChI=1S/C17H28N4O3/c1-12(2)16-19-15(24-20-16)5-8-18-17(22)21-9-6-13(7-10-21)14-4-3-11-23-14/h12-14H,3-11H2,1-2H3,(H,18,22)/t14-/m0/s1. The van der Waals surface area contributed by atoms with E-state index in [-0.39, 0.29) is 11.9 Å². The molecule has 1 atom stereocenters. The Kier molecular flexibility index (Phi) is 5.71. The number of piperidine rings is 1. The highest BCUT2D eigenvalue weighted by Crippen LogP contribution is 2.28. The molecule has 7 heteroatoms. The molecule has 0 saturated carbocycles. The van der Waals surface area contributed by atoms with Crippen LogP contribution in [-0.4, -0.2) is 53.4 Å². The first-order valence-electron chi connectivity index (χ1n) is 9.10. The maximum atomic E-state index is 12.2. The molecule has 1 aromatic heterocycles. The van der Waals surface area contributed by atoms with E-state index in [1.807, 2.05) is 18.7 Å². The third kappa shape index (κ3) is 4.26. The zero-order valence-corrected chi connectivity index (χ0v) is 14.7. The van der Waals surface area contributed by atoms with Crippen LogP contribution in [0.15, 0.2) is 4.52 Å². The first-order valence-corrected chi connectivity index (χ1v) is 9.10. The van der Waals surface area contributed by atoms with Crippen molar-refractivity contribution >= 4 is 6.03 Å². The highest BCUT2D eigenvalue weighted by Gasteiger charge is 2.30. The molecule has 2 aliphatic rings. The van der Waals surface area contributed by atoms with Crippen LogP contribution < -0.4 is 5.32 Å². The summed E-state index contributed by atoms with van der Waals surface area (Å²) in [6.07, 6.45) is 5.43. The van der Waals surface area contributed by atoms with E-state index in [0.717, 1.165) is 32.5 Å². The minimum absolute atomic E-state index is 0.00406. The van der Waals surface area contributed by atoms with Crippen LogP contribution in [0.3, 0.4) is 0 Å². The molecule has 2 amide bonds. The van der Waals surface area contributed by atoms with E-state index in [4.69, 9.17) is 9.26 Å². The SMILES string of the molecule is CC(C)c1noc(CCNC(=O)N2CCC([C@@H]3CCCO3)CC2)n1. The number of carbonyl (C=O) groups excluding carboxylic acids is 1. The number of urea groups is 1. The number of rotatable bonds is 5. The predicted octanol–water partition coefficient (Wildman–Crippen LogP) is 2.34. The van der Waals surface area contributed by atoms with Gasteiger partial charge in [-0.05, 0) is 31.6 Å². The number of hydrogen-bond donors (Lipinski definition) is 1. The van der Waals surface area contributed by atoms with Gasteiger partial charge >= 0.3 is 6.03 Å². The summed E-state index contributed by atoms with van der Waals surface area (Å²) >= 11 is 0. The number of amides is 2. The number of nitrogens with zero attached hydrogens (tertiary/aromatic N) is 3. The smallest absolute Gasteiger partial charge is 0.317 e. The van der Waals surface area contributed by atoms with Crippen LogP contribution >= 0.6 is 0 Å². The van der Waals surface area contributed by atoms with E-state index in [1.54, 1.807) is 0 Å². The lowest BCUT2D eigenvalue weighted by Gasteiger charge is -2.34. The summed E-state index contributed by atoms with van der Waals surface area (Å²) in [6.45, 7) is 7.10. The molecule has 7 nitrogen and oxygen atoms in total. The molecule has 1 aromatic rings. The zero-order valence-electron chi connectivity index (χ0n) is 14.7. The van der Waals surface area contributed by atoms with E-state index in [0.29, 0.717) is 36.7 Å². The largest absolute Gasteiger partial charge is 0.378 e. The van der Waals surface area contributed by atoms with Crippen LogP contribution in [0.5, 0.6) is 0 Å². The monoisotopic (exact) mass is 336 g/mol. The highest BCUT2D eigenvalue weighted by atomic mass is 16.5. The topological polar surface area (TPSA) is 80.5 Å². The van der Waals surface area contributed by atoms with Gasteiger partial charge in [-0.2, -0.15) is 4.98 Å². The van der Waals surface area contributed by atoms with Crippen molar-refractivity contribution in [2.24, 2.45) is 5.92 Å². The summed E-state index contributed by atoms with van der Waals surface area (Å²) in [4.78, 5) is 18.5. The Bertz CT molecular complexity index is 532. The van der Waals surface area contributed by atoms with E-state index in [1.165, 1.54) is 12.8 Å². The average molecular weight is 336 g/mol. The van der Waals surface area contributed by atoms with Gasteiger partial charge in [-0.3, -0.25) is 0 Å². The minimum atomic E-state index is 0.00406. The summed E-state index contributed by atoms with van der Waals surface area (Å²) in [5, 5.41) is 6.88. The summed E-state index contributed by atoms with van der Waals surface area (Å²) in [5.74, 6) is 2.16. The van der Waals surface area contributed by atoms with Gasteiger partial charge in [0.1, 0.15) is 0 Å². The van der Waals surface area contributed by atoms with Crippen LogP contribution in [0.4, 0.5) is 4.79 Å². The maximum absolute atomic E-state index is 12.2. The number of likely N-dealkylation sites (tertiary alicyclic amines) is 1. The molecule has 0 aromatic carbocycles. The summed E-state index contributed by atoms with van der Waals surface area (Å²) in [6, 6.07) is 0.00406. The number of ether oxygens (including phenoxy) is 1. The van der Waals surface area contributed by atoms with Crippen LogP contribution in [0.2, 0.25) is 0 Å². The fourth-order valence-electron chi connectivity index (χ4n) is 3.44. The van der Waals surface area contributed by atoms with Crippen LogP contribution in [0.1, 0.15) is 57.2 Å². The number of nitrogens with one attached hydrogen (secondary N) is 1. The lowest BCUT2D eigenvalue weighted by atomic mass is 9.90. The van der Waals surface area contributed by atoms with Crippen molar-refractivity contribution in [1.82, 2.24) is 20.4 Å². The van der Waals surface area contributed by atoms with Crippen molar-refractivity contribution in [3.63, 3.8) is 0 Å². The molecule has 3 rings (SSSR count). The number of aromatic nitrogens is 2. The predicted molar refractivity (Wildman–Crippen MR) is 88.8 cm³/mol. The Morgan fingerprint density at radius 2 is 2.12 bits per heavy atom. The molecule has 1 N–H and O–H groups in total. The van der Waals surface area contributed by atoms with E-state index >= 15 is 0 Å². The maximum Gasteiger partial charge on any atom is 0.317 e. The Morgan fingerprint density at radius 3 is 2.75 bits per heavy atom. The van der Waals surface area contributed by atoms with E-state index in [9.17, 15) is 4.79 Å². The Hall–Kier alpha value is -1.63. The quantitative estimate of drug-likeness (QED) is 0.892. The number of hydrogen-bond acceptors (Lipinski definition) is 5. The van der Waals surface area contributed by atoms with Gasteiger partial charge in [0.05, 0.1) is 6.10 Å². The Labute approximate surface area is 143 Å². The number of carbonyl (C=O) groups is 1. The summed E-state index contributed by atoms with van der Waals surface area (Å²) in [7, 11) is 0. The second-order valence-corrected chi connectivity index (χ2v) is 7.06. The molecule has 134 valence electrons. The van der Waals surface area contributed by atoms with Gasteiger partial charge in [-0.15, -0.1) is 0 Å². The molecule has 0 aliphatic carbocycles. The van der Waals surface area contributed by atoms with Gasteiger partial charge in [0.15, 0.2) is 5.82 Å². The van der Waals surface area contributed by atoms with Crippen molar-refractivity contribution in [3.8, 4) is 0 Å². The van der Waals surface area contributed by atoms with Crippen molar-refractivity contribution in [3.05, 3.63) is 11.7 Å². The molecule has 0 unspecified atom stereocenters. The molecule has 2 aliphatic heterocycles. The second-order valence-electron chi connectivity index (χ2n) is 7.06. The second kappa shape index (κ2) is 7.96. The third-order valence-corrected chi connectivity index (χ3v) is 4.93. The first kappa shape index (κ1) is 17.2. The van der Waals surface area contributed by atoms with E-state index in [2.05, 4.69) is 15.5 Å². The Morgan fingerprint density at radius 1 is 1.33 bits per heavy atom. The van der Waals surface area contributed by atoms with Crippen molar-refractivity contribution < 1.29 is 14.1 Å². The fraction of sp³-hybridized carbons (Fsp3) is 0.824. The van der Waals surface area contributed by atoms with Crippen molar-refractivity contribution in [2.75, 3.05) is 26.2 Å². The van der Waals surface area contributed by atoms with Gasteiger partial charge in [-0.25, -0.2) is 4.79 Å². The highest BCUT2D eigenvalue weighted by molar-refractivity contribution is 5.74. The summed E-state index contributed by atoms with van der Waals surface area (Å²) in [5.41, 5.74) is 0. The van der Waals surface area contributed by atoms with Gasteiger partial charge in [0.25, 0.3) is 0 Å². The van der Waals surface area contributed by atoms with E-state index < -0.39 is 0 Å². The van der Waals surface area contributed by atoms with Gasteiger partial charge in [0.2, 0.25) is 5.89 Å². The Balaban J connectivity index is 1.36. The van der Waals surface area contributed by atoms with Crippen molar-refractivity contribution in [1.29, 1.82) is 0 Å². The molecular weight excluding hydrogens is 308 g/mol. The molecule has 0 bridgehead atoms. The summed E-state index contributed by atoms with van der Waals surface area (Å²) < 4.78 is 11.0. The fourth-order valence-corrected chi connectivity index (χ4v) is 3.44. The molecular formula is C17H28N4O3. The van der Waals surface area contributed by atoms with Crippen LogP contribution in [-0.2, 0) is 11.2 Å². The molecule has 2 fully saturated rings. The van der Waals surface area contributed by atoms with Crippen LogP contribution in [0, 0.1) is 5.92 Å². The third-order valence-electron chi connectivity index (χ3n) is 4.93. The van der Waals surface area contributed by atoms with Gasteiger partial charge in [0, 0.05) is 38.6 Å². The van der Waals surface area contributed by atoms with Crippen LogP contribution in [0.25, 0.3) is 0 Å². The van der Waals surface area contributed by atoms with Gasteiger partial charge in [-0.1, -0.05) is 19.0 Å².